The zero-order valence-electron chi connectivity index (χ0n) is 14.1. The molecule has 3 aromatic carbocycles. The molecular weight excluding hydrogens is 396 g/mol. The molecule has 3 rings (SSSR count). The largest absolute Gasteiger partial charge is 0.496 e. The number of fused-ring (bicyclic) bond motifs is 1. The van der Waals surface area contributed by atoms with Crippen LogP contribution in [0.1, 0.15) is 5.56 Å². The molecule has 0 aliphatic heterocycles. The highest BCUT2D eigenvalue weighted by Crippen LogP contribution is 2.26. The average Bonchev–Trinajstić information content (AvgIpc) is 2.66. The third kappa shape index (κ3) is 4.40. The lowest BCUT2D eigenvalue weighted by Gasteiger charge is -2.08. The van der Waals surface area contributed by atoms with E-state index in [1.54, 1.807) is 25.5 Å². The molecule has 26 heavy (non-hydrogen) atoms. The summed E-state index contributed by atoms with van der Waals surface area (Å²) in [7, 11) is 1.60. The van der Waals surface area contributed by atoms with E-state index in [0.717, 1.165) is 20.8 Å². The molecule has 5 nitrogen and oxygen atoms in total. The number of nitrogens with zero attached hydrogens (tertiary/aromatic N) is 1. The maximum absolute atomic E-state index is 11.9. The van der Waals surface area contributed by atoms with Crippen LogP contribution in [0.3, 0.4) is 0 Å². The number of amides is 1. The molecule has 0 heterocycles. The lowest BCUT2D eigenvalue weighted by molar-refractivity contribution is -0.123. The van der Waals surface area contributed by atoms with Crippen LogP contribution < -0.4 is 14.9 Å². The summed E-state index contributed by atoms with van der Waals surface area (Å²) in [6, 6.07) is 19.1. The summed E-state index contributed by atoms with van der Waals surface area (Å²) in [5.74, 6) is 0.946. The summed E-state index contributed by atoms with van der Waals surface area (Å²) < 4.78 is 11.7. The topological polar surface area (TPSA) is 59.9 Å². The first-order valence-electron chi connectivity index (χ1n) is 7.93. The maximum atomic E-state index is 11.9. The number of halogens is 1. The van der Waals surface area contributed by atoms with Crippen LogP contribution in [0.2, 0.25) is 0 Å². The number of carbonyl (C=O) groups excluding carboxylic acids is 1. The lowest BCUT2D eigenvalue weighted by atomic mass is 10.0. The van der Waals surface area contributed by atoms with Gasteiger partial charge in [0.05, 0.1) is 13.3 Å². The molecule has 1 amide bonds. The summed E-state index contributed by atoms with van der Waals surface area (Å²) >= 11 is 3.35. The number of hydrazone groups is 1. The number of hydrogen-bond acceptors (Lipinski definition) is 4. The van der Waals surface area contributed by atoms with E-state index in [9.17, 15) is 4.79 Å². The molecule has 1 N–H and O–H groups in total. The van der Waals surface area contributed by atoms with E-state index in [-0.39, 0.29) is 12.5 Å². The van der Waals surface area contributed by atoms with Crippen molar-refractivity contribution < 1.29 is 14.3 Å². The molecule has 0 unspecified atom stereocenters. The van der Waals surface area contributed by atoms with Gasteiger partial charge < -0.3 is 9.47 Å². The molecule has 0 atom stereocenters. The van der Waals surface area contributed by atoms with E-state index in [0.29, 0.717) is 11.5 Å². The fraction of sp³-hybridized carbons (Fsp3) is 0.100. The first-order valence-corrected chi connectivity index (χ1v) is 8.72. The predicted octanol–water partition coefficient (Wildman–Crippen LogP) is 4.14. The van der Waals surface area contributed by atoms with Crippen LogP contribution in [-0.4, -0.2) is 25.8 Å². The monoisotopic (exact) mass is 412 g/mol. The van der Waals surface area contributed by atoms with Gasteiger partial charge >= 0.3 is 0 Å². The van der Waals surface area contributed by atoms with Crippen molar-refractivity contribution in [3.05, 3.63) is 70.7 Å². The Morgan fingerprint density at radius 3 is 2.81 bits per heavy atom. The second kappa shape index (κ2) is 8.49. The van der Waals surface area contributed by atoms with Crippen LogP contribution in [0.4, 0.5) is 0 Å². The Bertz CT molecular complexity index is 957. The lowest BCUT2D eigenvalue weighted by Crippen LogP contribution is -2.24. The number of rotatable bonds is 6. The molecule has 0 saturated heterocycles. The van der Waals surface area contributed by atoms with Gasteiger partial charge in [-0.2, -0.15) is 5.10 Å². The van der Waals surface area contributed by atoms with Crippen LogP contribution in [-0.2, 0) is 4.79 Å². The van der Waals surface area contributed by atoms with E-state index in [2.05, 4.69) is 26.5 Å². The standard InChI is InChI=1S/C20H17BrN2O3/c1-25-19-10-9-14-5-2-3-8-17(14)18(19)12-22-23-20(24)13-26-16-7-4-6-15(21)11-16/h2-12H,13H2,1H3,(H,23,24)/b22-12+. The van der Waals surface area contributed by atoms with Gasteiger partial charge in [-0.1, -0.05) is 52.3 Å². The van der Waals surface area contributed by atoms with Gasteiger partial charge in [0, 0.05) is 10.0 Å². The smallest absolute Gasteiger partial charge is 0.277 e. The van der Waals surface area contributed by atoms with E-state index >= 15 is 0 Å². The fourth-order valence-corrected chi connectivity index (χ4v) is 2.87. The summed E-state index contributed by atoms with van der Waals surface area (Å²) in [5, 5.41) is 6.10. The Morgan fingerprint density at radius 2 is 2.00 bits per heavy atom. The van der Waals surface area contributed by atoms with Gasteiger partial charge in [-0.05, 0) is 35.0 Å². The van der Waals surface area contributed by atoms with Crippen molar-refractivity contribution in [2.45, 2.75) is 0 Å². The van der Waals surface area contributed by atoms with Crippen LogP contribution in [0.5, 0.6) is 11.5 Å². The molecule has 0 bridgehead atoms. The molecule has 0 aliphatic rings. The Morgan fingerprint density at radius 1 is 1.15 bits per heavy atom. The molecule has 0 spiro atoms. The van der Waals surface area contributed by atoms with Gasteiger partial charge in [0.25, 0.3) is 5.91 Å². The molecule has 0 radical (unpaired) electrons. The molecular formula is C20H17BrN2O3. The van der Waals surface area contributed by atoms with Gasteiger partial charge in [-0.3, -0.25) is 4.79 Å². The highest BCUT2D eigenvalue weighted by Gasteiger charge is 2.06. The molecule has 132 valence electrons. The van der Waals surface area contributed by atoms with Crippen molar-refractivity contribution in [1.82, 2.24) is 5.43 Å². The minimum Gasteiger partial charge on any atom is -0.496 e. The molecule has 0 fully saturated rings. The Kier molecular flexibility index (Phi) is 5.86. The SMILES string of the molecule is COc1ccc2ccccc2c1/C=N/NC(=O)COc1cccc(Br)c1. The van der Waals surface area contributed by atoms with Crippen LogP contribution >= 0.6 is 15.9 Å². The number of methoxy groups -OCH3 is 1. The Balaban J connectivity index is 1.66. The van der Waals surface area contributed by atoms with Crippen molar-refractivity contribution in [1.29, 1.82) is 0 Å². The minimum absolute atomic E-state index is 0.125. The normalized spacial score (nSPS) is 10.8. The van der Waals surface area contributed by atoms with Crippen molar-refractivity contribution in [2.75, 3.05) is 13.7 Å². The predicted molar refractivity (Wildman–Crippen MR) is 106 cm³/mol. The van der Waals surface area contributed by atoms with Gasteiger partial charge in [0.15, 0.2) is 6.61 Å². The maximum Gasteiger partial charge on any atom is 0.277 e. The average molecular weight is 413 g/mol. The summed E-state index contributed by atoms with van der Waals surface area (Å²) in [4.78, 5) is 11.9. The highest BCUT2D eigenvalue weighted by atomic mass is 79.9. The van der Waals surface area contributed by atoms with Gasteiger partial charge in [-0.25, -0.2) is 5.43 Å². The molecule has 3 aromatic rings. The zero-order chi connectivity index (χ0) is 18.4. The minimum atomic E-state index is -0.347. The number of hydrogen-bond donors (Lipinski definition) is 1. The zero-order valence-corrected chi connectivity index (χ0v) is 15.7. The number of nitrogens with one attached hydrogen (secondary N) is 1. The third-order valence-corrected chi connectivity index (χ3v) is 4.19. The van der Waals surface area contributed by atoms with Crippen molar-refractivity contribution in [3.63, 3.8) is 0 Å². The molecule has 0 aromatic heterocycles. The summed E-state index contributed by atoms with van der Waals surface area (Å²) in [5.41, 5.74) is 3.27. The third-order valence-electron chi connectivity index (χ3n) is 3.70. The number of ether oxygens (including phenoxy) is 2. The quantitative estimate of drug-likeness (QED) is 0.488. The van der Waals surface area contributed by atoms with Crippen LogP contribution in [0, 0.1) is 0 Å². The van der Waals surface area contributed by atoms with Gasteiger partial charge in [-0.15, -0.1) is 0 Å². The Hall–Kier alpha value is -2.86. The first-order chi connectivity index (χ1) is 12.7. The van der Waals surface area contributed by atoms with Crippen LogP contribution in [0.25, 0.3) is 10.8 Å². The van der Waals surface area contributed by atoms with Crippen molar-refractivity contribution >= 4 is 38.8 Å². The second-order valence-electron chi connectivity index (χ2n) is 5.44. The molecule has 0 aliphatic carbocycles. The van der Waals surface area contributed by atoms with Crippen LogP contribution in [0.15, 0.2) is 70.2 Å². The summed E-state index contributed by atoms with van der Waals surface area (Å²) in [6.07, 6.45) is 1.58. The van der Waals surface area contributed by atoms with E-state index in [4.69, 9.17) is 9.47 Å². The van der Waals surface area contributed by atoms with E-state index in [1.807, 2.05) is 48.5 Å². The first kappa shape index (κ1) is 17.9. The fourth-order valence-electron chi connectivity index (χ4n) is 2.49. The molecule has 0 saturated carbocycles. The second-order valence-corrected chi connectivity index (χ2v) is 6.36. The van der Waals surface area contributed by atoms with E-state index in [1.165, 1.54) is 0 Å². The van der Waals surface area contributed by atoms with Crippen molar-refractivity contribution in [3.8, 4) is 11.5 Å². The number of benzene rings is 3. The van der Waals surface area contributed by atoms with Gasteiger partial charge in [0.1, 0.15) is 11.5 Å². The molecule has 6 heteroatoms. The van der Waals surface area contributed by atoms with E-state index < -0.39 is 0 Å². The Labute approximate surface area is 159 Å². The summed E-state index contributed by atoms with van der Waals surface area (Å²) in [6.45, 7) is -0.125. The highest BCUT2D eigenvalue weighted by molar-refractivity contribution is 9.10. The van der Waals surface area contributed by atoms with Gasteiger partial charge in [0.2, 0.25) is 0 Å². The van der Waals surface area contributed by atoms with Crippen molar-refractivity contribution in [2.24, 2.45) is 5.10 Å². The number of carbonyl (C=O) groups is 1.